The SMILES string of the molecule is CCNC(=O)NC(=O)CN1CCC[C@H]1Cc1ccccc1OC. The van der Waals surface area contributed by atoms with E-state index in [4.69, 9.17) is 4.74 Å². The van der Waals surface area contributed by atoms with E-state index < -0.39 is 6.03 Å². The smallest absolute Gasteiger partial charge is 0.321 e. The predicted octanol–water partition coefficient (Wildman–Crippen LogP) is 1.55. The lowest BCUT2D eigenvalue weighted by atomic mass is 10.0. The number of rotatable bonds is 6. The van der Waals surface area contributed by atoms with Crippen molar-refractivity contribution in [1.82, 2.24) is 15.5 Å². The molecular formula is C17H25N3O3. The maximum atomic E-state index is 12.0. The van der Waals surface area contributed by atoms with E-state index in [0.717, 1.165) is 37.1 Å². The van der Waals surface area contributed by atoms with Crippen LogP contribution in [0.25, 0.3) is 0 Å². The highest BCUT2D eigenvalue weighted by Gasteiger charge is 2.27. The molecule has 1 fully saturated rings. The fourth-order valence-electron chi connectivity index (χ4n) is 3.02. The van der Waals surface area contributed by atoms with E-state index in [1.165, 1.54) is 0 Å². The molecule has 0 radical (unpaired) electrons. The van der Waals surface area contributed by atoms with E-state index >= 15 is 0 Å². The minimum atomic E-state index is -0.432. The molecule has 2 N–H and O–H groups in total. The molecule has 126 valence electrons. The highest BCUT2D eigenvalue weighted by molar-refractivity contribution is 5.95. The first kappa shape index (κ1) is 17.3. The predicted molar refractivity (Wildman–Crippen MR) is 88.5 cm³/mol. The van der Waals surface area contributed by atoms with Crippen LogP contribution < -0.4 is 15.4 Å². The van der Waals surface area contributed by atoms with E-state index in [1.807, 2.05) is 25.1 Å². The zero-order valence-corrected chi connectivity index (χ0v) is 13.8. The number of nitrogens with one attached hydrogen (secondary N) is 2. The van der Waals surface area contributed by atoms with Crippen molar-refractivity contribution in [2.24, 2.45) is 0 Å². The minimum Gasteiger partial charge on any atom is -0.496 e. The fraction of sp³-hybridized carbons (Fsp3) is 0.529. The summed E-state index contributed by atoms with van der Waals surface area (Å²) in [6, 6.07) is 7.83. The van der Waals surface area contributed by atoms with Crippen molar-refractivity contribution in [3.8, 4) is 5.75 Å². The third kappa shape index (κ3) is 4.96. The number of urea groups is 1. The van der Waals surface area contributed by atoms with Crippen molar-refractivity contribution in [3.63, 3.8) is 0 Å². The van der Waals surface area contributed by atoms with E-state index in [-0.39, 0.29) is 12.5 Å². The van der Waals surface area contributed by atoms with Gasteiger partial charge in [0.25, 0.3) is 0 Å². The molecule has 1 heterocycles. The second-order valence-electron chi connectivity index (χ2n) is 5.69. The van der Waals surface area contributed by atoms with Gasteiger partial charge in [-0.05, 0) is 44.4 Å². The molecule has 1 aromatic rings. The van der Waals surface area contributed by atoms with Gasteiger partial charge in [0.1, 0.15) is 5.75 Å². The third-order valence-corrected chi connectivity index (χ3v) is 4.08. The van der Waals surface area contributed by atoms with Crippen molar-refractivity contribution in [2.75, 3.05) is 26.7 Å². The van der Waals surface area contributed by atoms with Crippen LogP contribution >= 0.6 is 0 Å². The molecule has 6 heteroatoms. The summed E-state index contributed by atoms with van der Waals surface area (Å²) in [5, 5.41) is 4.92. The Morgan fingerprint density at radius 1 is 1.35 bits per heavy atom. The molecule has 3 amide bonds. The maximum absolute atomic E-state index is 12.0. The van der Waals surface area contributed by atoms with Gasteiger partial charge in [-0.15, -0.1) is 0 Å². The van der Waals surface area contributed by atoms with Gasteiger partial charge in [-0.3, -0.25) is 15.0 Å². The highest BCUT2D eigenvalue weighted by Crippen LogP contribution is 2.25. The van der Waals surface area contributed by atoms with Gasteiger partial charge >= 0.3 is 6.03 Å². The fourth-order valence-corrected chi connectivity index (χ4v) is 3.02. The average Bonchev–Trinajstić information content (AvgIpc) is 2.94. The topological polar surface area (TPSA) is 70.7 Å². The summed E-state index contributed by atoms with van der Waals surface area (Å²) in [6.45, 7) is 3.44. The number of nitrogens with zero attached hydrogens (tertiary/aromatic N) is 1. The van der Waals surface area contributed by atoms with Crippen molar-refractivity contribution in [3.05, 3.63) is 29.8 Å². The molecule has 0 saturated carbocycles. The Balaban J connectivity index is 1.92. The van der Waals surface area contributed by atoms with Crippen LogP contribution in [0.15, 0.2) is 24.3 Å². The molecule has 1 aliphatic heterocycles. The average molecular weight is 319 g/mol. The number of hydrogen-bond acceptors (Lipinski definition) is 4. The van der Waals surface area contributed by atoms with E-state index in [1.54, 1.807) is 7.11 Å². The first-order chi connectivity index (χ1) is 11.1. The molecule has 1 atom stereocenters. The molecule has 0 bridgehead atoms. The molecule has 0 unspecified atom stereocenters. The maximum Gasteiger partial charge on any atom is 0.321 e. The monoisotopic (exact) mass is 319 g/mol. The van der Waals surface area contributed by atoms with E-state index in [2.05, 4.69) is 21.6 Å². The van der Waals surface area contributed by atoms with Gasteiger partial charge in [0.2, 0.25) is 5.91 Å². The molecular weight excluding hydrogens is 294 g/mol. The summed E-state index contributed by atoms with van der Waals surface area (Å²) in [4.78, 5) is 25.5. The first-order valence-corrected chi connectivity index (χ1v) is 8.07. The van der Waals surface area contributed by atoms with Crippen molar-refractivity contribution in [1.29, 1.82) is 0 Å². The van der Waals surface area contributed by atoms with Crippen molar-refractivity contribution in [2.45, 2.75) is 32.2 Å². The van der Waals surface area contributed by atoms with Crippen LogP contribution in [0, 0.1) is 0 Å². The third-order valence-electron chi connectivity index (χ3n) is 4.08. The summed E-state index contributed by atoms with van der Waals surface area (Å²) in [5.41, 5.74) is 1.15. The van der Waals surface area contributed by atoms with Gasteiger partial charge in [-0.2, -0.15) is 0 Å². The van der Waals surface area contributed by atoms with Crippen LogP contribution in [-0.4, -0.2) is 49.6 Å². The first-order valence-electron chi connectivity index (χ1n) is 8.07. The minimum absolute atomic E-state index is 0.247. The summed E-state index contributed by atoms with van der Waals surface area (Å²) in [7, 11) is 1.67. The molecule has 23 heavy (non-hydrogen) atoms. The molecule has 0 aliphatic carbocycles. The summed E-state index contributed by atoms with van der Waals surface area (Å²) < 4.78 is 5.40. The number of imide groups is 1. The van der Waals surface area contributed by atoms with Crippen LogP contribution in [-0.2, 0) is 11.2 Å². The number of methoxy groups -OCH3 is 1. The number of amides is 3. The molecule has 0 aromatic heterocycles. The lowest BCUT2D eigenvalue weighted by Crippen LogP contribution is -2.45. The van der Waals surface area contributed by atoms with Gasteiger partial charge in [-0.25, -0.2) is 4.79 Å². The molecule has 1 aromatic carbocycles. The van der Waals surface area contributed by atoms with Crippen LogP contribution in [0.5, 0.6) is 5.75 Å². The Morgan fingerprint density at radius 2 is 2.13 bits per heavy atom. The zero-order valence-electron chi connectivity index (χ0n) is 13.8. The molecule has 6 nitrogen and oxygen atoms in total. The van der Waals surface area contributed by atoms with Gasteiger partial charge in [0, 0.05) is 12.6 Å². The van der Waals surface area contributed by atoms with Crippen LogP contribution in [0.2, 0.25) is 0 Å². The summed E-state index contributed by atoms with van der Waals surface area (Å²) in [6.07, 6.45) is 2.96. The number of likely N-dealkylation sites (tertiary alicyclic amines) is 1. The Labute approximate surface area is 137 Å². The van der Waals surface area contributed by atoms with Gasteiger partial charge in [0.05, 0.1) is 13.7 Å². The zero-order chi connectivity index (χ0) is 16.7. The van der Waals surface area contributed by atoms with Gasteiger partial charge < -0.3 is 10.1 Å². The lowest BCUT2D eigenvalue weighted by Gasteiger charge is -2.24. The second-order valence-corrected chi connectivity index (χ2v) is 5.69. The van der Waals surface area contributed by atoms with Crippen molar-refractivity contribution < 1.29 is 14.3 Å². The van der Waals surface area contributed by atoms with E-state index in [9.17, 15) is 9.59 Å². The van der Waals surface area contributed by atoms with Crippen LogP contribution in [0.1, 0.15) is 25.3 Å². The second kappa shape index (κ2) is 8.53. The highest BCUT2D eigenvalue weighted by atomic mass is 16.5. The number of para-hydroxylation sites is 1. The molecule has 1 aliphatic rings. The molecule has 2 rings (SSSR count). The Morgan fingerprint density at radius 3 is 2.87 bits per heavy atom. The van der Waals surface area contributed by atoms with Crippen LogP contribution in [0.3, 0.4) is 0 Å². The van der Waals surface area contributed by atoms with Crippen molar-refractivity contribution >= 4 is 11.9 Å². The number of ether oxygens (including phenoxy) is 1. The molecule has 0 spiro atoms. The van der Waals surface area contributed by atoms with Gasteiger partial charge in [0.15, 0.2) is 0 Å². The Hall–Kier alpha value is -2.08. The van der Waals surface area contributed by atoms with Crippen LogP contribution in [0.4, 0.5) is 4.79 Å². The molecule has 1 saturated heterocycles. The normalized spacial score (nSPS) is 17.7. The Bertz CT molecular complexity index is 548. The Kier molecular flexibility index (Phi) is 6.40. The van der Waals surface area contributed by atoms with E-state index in [0.29, 0.717) is 12.6 Å². The lowest BCUT2D eigenvalue weighted by molar-refractivity contribution is -0.121. The number of hydrogen-bond donors (Lipinski definition) is 2. The largest absolute Gasteiger partial charge is 0.496 e. The summed E-state index contributed by atoms with van der Waals surface area (Å²) in [5.74, 6) is 0.619. The number of benzene rings is 1. The summed E-state index contributed by atoms with van der Waals surface area (Å²) >= 11 is 0. The quantitative estimate of drug-likeness (QED) is 0.834. The number of carbonyl (C=O) groups excluding carboxylic acids is 2. The standard InChI is InChI=1S/C17H25N3O3/c1-3-18-17(22)19-16(21)12-20-10-6-8-14(20)11-13-7-4-5-9-15(13)23-2/h4-5,7,9,14H,3,6,8,10-12H2,1-2H3,(H2,18,19,21,22)/t14-/m0/s1. The van der Waals surface area contributed by atoms with Gasteiger partial charge in [-0.1, -0.05) is 18.2 Å². The number of carbonyl (C=O) groups is 2.